The Labute approximate surface area is 172 Å². The number of anilines is 4. The van der Waals surface area contributed by atoms with Crippen molar-refractivity contribution in [1.82, 2.24) is 9.97 Å². The number of nitrogens with two attached hydrogens (primary N) is 3. The fourth-order valence-electron chi connectivity index (χ4n) is 2.79. The third kappa shape index (κ3) is 4.71. The number of ether oxygens (including phenoxy) is 1. The average molecular weight is 435 g/mol. The Balaban J connectivity index is 1.92. The zero-order chi connectivity index (χ0) is 22.1. The van der Waals surface area contributed by atoms with Crippen molar-refractivity contribution in [3.8, 4) is 17.2 Å². The van der Waals surface area contributed by atoms with Gasteiger partial charge in [-0.05, 0) is 25.1 Å². The zero-order valence-corrected chi connectivity index (χ0v) is 17.0. The number of nitrogens with one attached hydrogen (secondary N) is 1. The highest BCUT2D eigenvalue weighted by atomic mass is 32.2. The van der Waals surface area contributed by atoms with Gasteiger partial charge in [0.1, 0.15) is 22.9 Å². The number of aryl methyl sites for hydroxylation is 1. The van der Waals surface area contributed by atoms with Crippen LogP contribution in [-0.2, 0) is 16.8 Å². The third-order valence-corrected chi connectivity index (χ3v) is 4.56. The molecule has 30 heavy (non-hydrogen) atoms. The van der Waals surface area contributed by atoms with Gasteiger partial charge in [0.25, 0.3) is 0 Å². The van der Waals surface area contributed by atoms with Gasteiger partial charge in [-0.2, -0.15) is 13.4 Å². The molecule has 0 bridgehead atoms. The van der Waals surface area contributed by atoms with E-state index in [1.54, 1.807) is 25.1 Å². The Morgan fingerprint density at radius 3 is 2.57 bits per heavy atom. The molecule has 8 N–H and O–H groups in total. The van der Waals surface area contributed by atoms with E-state index in [4.69, 9.17) is 31.0 Å². The number of rotatable bonds is 7. The SMILES string of the molecule is COc1cc(NS(=O)(=O)O)ccc1CN(N)c1nc(N)nc(-c2ccc(C)o2)c1N. The molecule has 0 fully saturated rings. The standard InChI is InChI=1S/C17H21N7O5S/c1-9-3-6-12(29-9)15-14(18)16(22-17(19)21-15)24(20)8-10-4-5-11(7-13(10)28-2)23-30(25,26)27/h3-7,23H,8,18,20H2,1-2H3,(H2,19,21,22)(H,25,26,27). The number of hydrogen-bond donors (Lipinski definition) is 5. The minimum Gasteiger partial charge on any atom is -0.496 e. The van der Waals surface area contributed by atoms with Crippen LogP contribution in [0.2, 0.25) is 0 Å². The van der Waals surface area contributed by atoms with Crippen LogP contribution in [0, 0.1) is 6.92 Å². The van der Waals surface area contributed by atoms with Crippen molar-refractivity contribution in [2.75, 3.05) is 28.3 Å². The van der Waals surface area contributed by atoms with E-state index in [2.05, 4.69) is 9.97 Å². The zero-order valence-electron chi connectivity index (χ0n) is 16.2. The summed E-state index contributed by atoms with van der Waals surface area (Å²) in [6.07, 6.45) is 0. The fraction of sp³-hybridized carbons (Fsp3) is 0.176. The molecule has 0 radical (unpaired) electrons. The summed E-state index contributed by atoms with van der Waals surface area (Å²) in [7, 11) is -3.01. The highest BCUT2D eigenvalue weighted by Crippen LogP contribution is 2.33. The molecular weight excluding hydrogens is 414 g/mol. The summed E-state index contributed by atoms with van der Waals surface area (Å²) in [6.45, 7) is 1.87. The van der Waals surface area contributed by atoms with Crippen molar-refractivity contribution in [2.24, 2.45) is 5.84 Å². The van der Waals surface area contributed by atoms with E-state index in [0.717, 1.165) is 0 Å². The van der Waals surface area contributed by atoms with Crippen LogP contribution in [0.25, 0.3) is 11.5 Å². The van der Waals surface area contributed by atoms with Crippen molar-refractivity contribution in [3.63, 3.8) is 0 Å². The number of aromatic nitrogens is 2. The molecule has 160 valence electrons. The summed E-state index contributed by atoms with van der Waals surface area (Å²) >= 11 is 0. The Hall–Kier alpha value is -3.55. The maximum Gasteiger partial charge on any atom is 0.357 e. The van der Waals surface area contributed by atoms with Gasteiger partial charge in [-0.1, -0.05) is 6.07 Å². The Morgan fingerprint density at radius 2 is 1.97 bits per heavy atom. The van der Waals surface area contributed by atoms with E-state index < -0.39 is 10.3 Å². The minimum atomic E-state index is -4.42. The third-order valence-electron chi connectivity index (χ3n) is 4.06. The molecule has 13 heteroatoms. The summed E-state index contributed by atoms with van der Waals surface area (Å²) in [4.78, 5) is 8.26. The topological polar surface area (TPSA) is 196 Å². The number of nitrogen functional groups attached to an aromatic ring is 2. The van der Waals surface area contributed by atoms with E-state index in [9.17, 15) is 8.42 Å². The van der Waals surface area contributed by atoms with Gasteiger partial charge in [-0.3, -0.25) is 14.3 Å². The lowest BCUT2D eigenvalue weighted by molar-refractivity contribution is 0.409. The fourth-order valence-corrected chi connectivity index (χ4v) is 3.21. The van der Waals surface area contributed by atoms with Crippen LogP contribution in [0.4, 0.5) is 23.1 Å². The molecule has 3 rings (SSSR count). The van der Waals surface area contributed by atoms with Crippen LogP contribution in [0.3, 0.4) is 0 Å². The van der Waals surface area contributed by atoms with Crippen LogP contribution in [-0.4, -0.2) is 30.0 Å². The van der Waals surface area contributed by atoms with Gasteiger partial charge in [0.05, 0.1) is 19.3 Å². The maximum absolute atomic E-state index is 11.0. The Kier molecular flexibility index (Phi) is 5.69. The van der Waals surface area contributed by atoms with E-state index in [1.807, 2.05) is 4.72 Å². The summed E-state index contributed by atoms with van der Waals surface area (Å²) < 4.78 is 43.7. The lowest BCUT2D eigenvalue weighted by atomic mass is 10.1. The number of hydrogen-bond acceptors (Lipinski definition) is 10. The normalized spacial score (nSPS) is 11.3. The van der Waals surface area contributed by atoms with Gasteiger partial charge < -0.3 is 20.6 Å². The summed E-state index contributed by atoms with van der Waals surface area (Å²) in [5, 5.41) is 1.25. The molecule has 1 aromatic carbocycles. The number of benzene rings is 1. The van der Waals surface area contributed by atoms with Crippen molar-refractivity contribution in [3.05, 3.63) is 41.7 Å². The van der Waals surface area contributed by atoms with Gasteiger partial charge >= 0.3 is 10.3 Å². The van der Waals surface area contributed by atoms with E-state index in [-0.39, 0.29) is 29.7 Å². The minimum absolute atomic E-state index is 0.0432. The summed E-state index contributed by atoms with van der Waals surface area (Å²) in [5.74, 6) is 7.73. The second kappa shape index (κ2) is 8.06. The summed E-state index contributed by atoms with van der Waals surface area (Å²) in [6, 6.07) is 7.88. The first-order chi connectivity index (χ1) is 14.1. The predicted octanol–water partition coefficient (Wildman–Crippen LogP) is 1.31. The monoisotopic (exact) mass is 435 g/mol. The molecule has 0 unspecified atom stereocenters. The predicted molar refractivity (Wildman–Crippen MR) is 112 cm³/mol. The smallest absolute Gasteiger partial charge is 0.357 e. The molecule has 12 nitrogen and oxygen atoms in total. The molecule has 0 aliphatic carbocycles. The molecule has 0 aliphatic rings. The van der Waals surface area contributed by atoms with Gasteiger partial charge in [0.15, 0.2) is 11.6 Å². The van der Waals surface area contributed by atoms with Gasteiger partial charge in [-0.15, -0.1) is 0 Å². The van der Waals surface area contributed by atoms with Gasteiger partial charge in [0, 0.05) is 11.6 Å². The van der Waals surface area contributed by atoms with Gasteiger partial charge in [0.2, 0.25) is 5.95 Å². The van der Waals surface area contributed by atoms with Crippen LogP contribution < -0.4 is 31.8 Å². The highest BCUT2D eigenvalue weighted by molar-refractivity contribution is 7.87. The molecule has 0 spiro atoms. The molecular formula is C17H21N7O5S. The van der Waals surface area contributed by atoms with Crippen molar-refractivity contribution < 1.29 is 22.1 Å². The number of methoxy groups -OCH3 is 1. The molecule has 0 atom stereocenters. The molecule has 0 saturated heterocycles. The first kappa shape index (κ1) is 21.2. The quantitative estimate of drug-likeness (QED) is 0.204. The number of hydrazine groups is 1. The second-order valence-corrected chi connectivity index (χ2v) is 7.46. The van der Waals surface area contributed by atoms with Crippen LogP contribution in [0.5, 0.6) is 5.75 Å². The molecule has 0 aliphatic heterocycles. The molecule has 3 aromatic rings. The van der Waals surface area contributed by atoms with Crippen molar-refractivity contribution in [1.29, 1.82) is 0 Å². The lowest BCUT2D eigenvalue weighted by Gasteiger charge is -2.22. The van der Waals surface area contributed by atoms with E-state index in [1.165, 1.54) is 24.3 Å². The Morgan fingerprint density at radius 1 is 1.23 bits per heavy atom. The molecule has 0 saturated carbocycles. The van der Waals surface area contributed by atoms with E-state index >= 15 is 0 Å². The average Bonchev–Trinajstić information content (AvgIpc) is 3.09. The number of nitrogens with zero attached hydrogens (tertiary/aromatic N) is 3. The van der Waals surface area contributed by atoms with Crippen molar-refractivity contribution in [2.45, 2.75) is 13.5 Å². The van der Waals surface area contributed by atoms with E-state index in [0.29, 0.717) is 28.5 Å². The van der Waals surface area contributed by atoms with Crippen LogP contribution >= 0.6 is 0 Å². The molecule has 2 heterocycles. The lowest BCUT2D eigenvalue weighted by Crippen LogP contribution is -2.32. The highest BCUT2D eigenvalue weighted by Gasteiger charge is 2.20. The maximum atomic E-state index is 11.0. The molecule has 2 aromatic heterocycles. The second-order valence-electron chi connectivity index (χ2n) is 6.31. The Bertz CT molecular complexity index is 1180. The first-order valence-electron chi connectivity index (χ1n) is 8.51. The molecule has 0 amide bonds. The van der Waals surface area contributed by atoms with Crippen molar-refractivity contribution >= 4 is 33.4 Å². The largest absolute Gasteiger partial charge is 0.496 e. The van der Waals surface area contributed by atoms with Gasteiger partial charge in [-0.25, -0.2) is 10.8 Å². The van der Waals surface area contributed by atoms with Crippen LogP contribution in [0.15, 0.2) is 34.7 Å². The first-order valence-corrected chi connectivity index (χ1v) is 9.95. The number of furan rings is 1. The summed E-state index contributed by atoms with van der Waals surface area (Å²) in [5.41, 5.74) is 13.2. The van der Waals surface area contributed by atoms with Crippen LogP contribution in [0.1, 0.15) is 11.3 Å².